The largest absolute Gasteiger partial charge is 0.360 e. The monoisotopic (exact) mass is 332 g/mol. The Hall–Kier alpha value is -1.42. The molecule has 1 unspecified atom stereocenters. The normalized spacial score (nSPS) is 16.3. The molecule has 1 aromatic rings. The van der Waals surface area contributed by atoms with Gasteiger partial charge in [-0.2, -0.15) is 0 Å². The second kappa shape index (κ2) is 8.44. The molecule has 1 saturated carbocycles. The molecule has 0 aliphatic heterocycles. The van der Waals surface area contributed by atoms with Gasteiger partial charge in [-0.3, -0.25) is 4.79 Å². The van der Waals surface area contributed by atoms with Crippen molar-refractivity contribution in [1.82, 2.24) is 10.6 Å². The summed E-state index contributed by atoms with van der Waals surface area (Å²) in [7, 11) is 0. The van der Waals surface area contributed by atoms with Crippen LogP contribution in [-0.2, 0) is 11.2 Å². The number of benzene rings is 1. The van der Waals surface area contributed by atoms with Gasteiger partial charge in [-0.15, -0.1) is 0 Å². The number of carbonyl (C=O) groups excluding carboxylic acids is 1. The van der Waals surface area contributed by atoms with E-state index >= 15 is 0 Å². The third-order valence-corrected chi connectivity index (χ3v) is 4.66. The molecule has 23 heavy (non-hydrogen) atoms. The highest BCUT2D eigenvalue weighted by Crippen LogP contribution is 2.19. The van der Waals surface area contributed by atoms with Crippen molar-refractivity contribution in [3.05, 3.63) is 35.4 Å². The molecule has 0 saturated heterocycles. The molecule has 0 radical (unpaired) electrons. The first-order valence-corrected chi connectivity index (χ1v) is 9.06. The molecule has 3 nitrogen and oxygen atoms in total. The van der Waals surface area contributed by atoms with Crippen molar-refractivity contribution in [2.24, 2.45) is 5.92 Å². The Bertz CT molecular complexity index is 533. The number of hydrogen-bond donors (Lipinski definition) is 2. The van der Waals surface area contributed by atoms with Crippen molar-refractivity contribution in [3.8, 4) is 0 Å². The number of nitrogens with one attached hydrogen (secondary N) is 2. The van der Waals surface area contributed by atoms with Gasteiger partial charge in [-0.25, -0.2) is 0 Å². The molecule has 2 rings (SSSR count). The molecule has 1 atom stereocenters. The molecule has 1 aliphatic rings. The van der Waals surface area contributed by atoms with Crippen molar-refractivity contribution in [2.75, 3.05) is 0 Å². The van der Waals surface area contributed by atoms with Gasteiger partial charge < -0.3 is 10.6 Å². The quantitative estimate of drug-likeness (QED) is 0.803. The van der Waals surface area contributed by atoms with Crippen LogP contribution in [0.25, 0.3) is 0 Å². The molecule has 0 aromatic heterocycles. The fraction of sp³-hybridized carbons (Fsp3) is 0.579. The Kier molecular flexibility index (Phi) is 6.58. The fourth-order valence-corrected chi connectivity index (χ4v) is 3.34. The van der Waals surface area contributed by atoms with Gasteiger partial charge in [0.05, 0.1) is 5.92 Å². The van der Waals surface area contributed by atoms with Gasteiger partial charge in [0.25, 0.3) is 0 Å². The lowest BCUT2D eigenvalue weighted by Gasteiger charge is -2.17. The predicted molar refractivity (Wildman–Crippen MR) is 99.5 cm³/mol. The minimum absolute atomic E-state index is 0.0443. The summed E-state index contributed by atoms with van der Waals surface area (Å²) < 4.78 is 0. The van der Waals surface area contributed by atoms with Gasteiger partial charge >= 0.3 is 0 Å². The zero-order chi connectivity index (χ0) is 16.8. The summed E-state index contributed by atoms with van der Waals surface area (Å²) in [6.07, 6.45) is 5.84. The third kappa shape index (κ3) is 5.61. The molecule has 2 N–H and O–H groups in total. The highest BCUT2D eigenvalue weighted by Gasteiger charge is 2.19. The predicted octanol–water partition coefficient (Wildman–Crippen LogP) is 3.92. The lowest BCUT2D eigenvalue weighted by atomic mass is 9.96. The number of carbonyl (C=O) groups is 1. The summed E-state index contributed by atoms with van der Waals surface area (Å²) in [5.41, 5.74) is 2.34. The third-order valence-electron chi connectivity index (χ3n) is 4.44. The first kappa shape index (κ1) is 17.9. The standard InChI is InChI=1S/C19H28N2OS/c1-13(2)12-15-8-10-16(11-9-15)14(3)18(22)21-19(23)20-17-6-4-5-7-17/h8-11,13-14,17H,4-7,12H2,1-3H3,(H2,20,21,22,23). The van der Waals surface area contributed by atoms with Crippen LogP contribution >= 0.6 is 12.2 Å². The van der Waals surface area contributed by atoms with Gasteiger partial charge in [-0.1, -0.05) is 51.0 Å². The summed E-state index contributed by atoms with van der Waals surface area (Å²) >= 11 is 5.26. The zero-order valence-corrected chi connectivity index (χ0v) is 15.2. The average molecular weight is 333 g/mol. The van der Waals surface area contributed by atoms with Gasteiger partial charge in [0.1, 0.15) is 0 Å². The molecule has 0 bridgehead atoms. The average Bonchev–Trinajstić information content (AvgIpc) is 2.99. The summed E-state index contributed by atoms with van der Waals surface area (Å²) in [5.74, 6) is 0.393. The highest BCUT2D eigenvalue weighted by atomic mass is 32.1. The van der Waals surface area contributed by atoms with Crippen molar-refractivity contribution in [3.63, 3.8) is 0 Å². The van der Waals surface area contributed by atoms with Crippen LogP contribution in [0.4, 0.5) is 0 Å². The van der Waals surface area contributed by atoms with E-state index in [4.69, 9.17) is 12.2 Å². The maximum absolute atomic E-state index is 12.4. The van der Waals surface area contributed by atoms with E-state index in [1.807, 2.05) is 6.92 Å². The van der Waals surface area contributed by atoms with Crippen molar-refractivity contribution in [1.29, 1.82) is 0 Å². The molecule has 0 heterocycles. The molecule has 4 heteroatoms. The second-order valence-electron chi connectivity index (χ2n) is 7.01. The summed E-state index contributed by atoms with van der Waals surface area (Å²) in [6.45, 7) is 6.34. The summed E-state index contributed by atoms with van der Waals surface area (Å²) in [6, 6.07) is 8.76. The lowest BCUT2D eigenvalue weighted by Crippen LogP contribution is -2.44. The number of hydrogen-bond acceptors (Lipinski definition) is 2. The first-order chi connectivity index (χ1) is 11.0. The van der Waals surface area contributed by atoms with Crippen molar-refractivity contribution < 1.29 is 4.79 Å². The minimum atomic E-state index is -0.202. The first-order valence-electron chi connectivity index (χ1n) is 8.66. The second-order valence-corrected chi connectivity index (χ2v) is 7.41. The zero-order valence-electron chi connectivity index (χ0n) is 14.4. The Morgan fingerprint density at radius 2 is 1.78 bits per heavy atom. The molecule has 1 fully saturated rings. The van der Waals surface area contributed by atoms with E-state index in [2.05, 4.69) is 48.7 Å². The Labute approximate surface area is 145 Å². The van der Waals surface area contributed by atoms with Crippen LogP contribution in [0, 0.1) is 5.92 Å². The molecule has 1 aliphatic carbocycles. The fourth-order valence-electron chi connectivity index (χ4n) is 3.08. The van der Waals surface area contributed by atoms with Crippen LogP contribution in [-0.4, -0.2) is 17.1 Å². The topological polar surface area (TPSA) is 41.1 Å². The maximum atomic E-state index is 12.4. The SMILES string of the molecule is CC(C)Cc1ccc(C(C)C(=O)NC(=S)NC2CCCC2)cc1. The van der Waals surface area contributed by atoms with E-state index in [9.17, 15) is 4.79 Å². The van der Waals surface area contributed by atoms with Crippen molar-refractivity contribution in [2.45, 2.75) is 64.8 Å². The summed E-state index contributed by atoms with van der Waals surface area (Å²) in [5, 5.41) is 6.54. The van der Waals surface area contributed by atoms with Crippen LogP contribution in [0.15, 0.2) is 24.3 Å². The van der Waals surface area contributed by atoms with Crippen LogP contribution in [0.5, 0.6) is 0 Å². The lowest BCUT2D eigenvalue weighted by molar-refractivity contribution is -0.120. The van der Waals surface area contributed by atoms with Gasteiger partial charge in [0, 0.05) is 6.04 Å². The molecule has 126 valence electrons. The Morgan fingerprint density at radius 1 is 1.17 bits per heavy atom. The summed E-state index contributed by atoms with van der Waals surface area (Å²) in [4.78, 5) is 12.4. The van der Waals surface area contributed by atoms with E-state index in [1.54, 1.807) is 0 Å². The maximum Gasteiger partial charge on any atom is 0.233 e. The van der Waals surface area contributed by atoms with Crippen LogP contribution < -0.4 is 10.6 Å². The van der Waals surface area contributed by atoms with E-state index in [0.717, 1.165) is 24.8 Å². The Balaban J connectivity index is 1.86. The Morgan fingerprint density at radius 3 is 2.35 bits per heavy atom. The molecule has 0 spiro atoms. The molecule has 1 amide bonds. The van der Waals surface area contributed by atoms with Crippen LogP contribution in [0.1, 0.15) is 63.5 Å². The number of rotatable bonds is 5. The van der Waals surface area contributed by atoms with Crippen molar-refractivity contribution >= 4 is 23.2 Å². The van der Waals surface area contributed by atoms with E-state index < -0.39 is 0 Å². The van der Waals surface area contributed by atoms with Gasteiger partial charge in [0.2, 0.25) is 5.91 Å². The molecular formula is C19H28N2OS. The van der Waals surface area contributed by atoms with E-state index in [0.29, 0.717) is 17.1 Å². The van der Waals surface area contributed by atoms with Gasteiger partial charge in [-0.05, 0) is 55.4 Å². The molecule has 1 aromatic carbocycles. The van der Waals surface area contributed by atoms with Gasteiger partial charge in [0.15, 0.2) is 5.11 Å². The number of amides is 1. The highest BCUT2D eigenvalue weighted by molar-refractivity contribution is 7.80. The van der Waals surface area contributed by atoms with Crippen LogP contribution in [0.3, 0.4) is 0 Å². The van der Waals surface area contributed by atoms with E-state index in [1.165, 1.54) is 18.4 Å². The molecular weight excluding hydrogens is 304 g/mol. The smallest absolute Gasteiger partial charge is 0.233 e. The number of thiocarbonyl (C=S) groups is 1. The minimum Gasteiger partial charge on any atom is -0.360 e. The van der Waals surface area contributed by atoms with E-state index in [-0.39, 0.29) is 11.8 Å². The van der Waals surface area contributed by atoms with Crippen LogP contribution in [0.2, 0.25) is 0 Å².